The number of hydrogen-bond donors (Lipinski definition) is 2. The average Bonchev–Trinajstić information content (AvgIpc) is 2.35. The van der Waals surface area contributed by atoms with E-state index in [1.54, 1.807) is 0 Å². The molecule has 116 valence electrons. The molecular weight excluding hydrogens is 258 g/mol. The molecule has 0 aliphatic carbocycles. The number of carbonyl (C=O) groups excluding carboxylic acids is 1. The van der Waals surface area contributed by atoms with Crippen molar-refractivity contribution in [2.75, 3.05) is 27.2 Å². The molecule has 1 aliphatic heterocycles. The fourth-order valence-electron chi connectivity index (χ4n) is 2.61. The van der Waals surface area contributed by atoms with Crippen molar-refractivity contribution in [3.05, 3.63) is 0 Å². The fourth-order valence-corrected chi connectivity index (χ4v) is 2.61. The van der Waals surface area contributed by atoms with E-state index in [4.69, 9.17) is 0 Å². The molecular formula is C14H27N3O3. The minimum Gasteiger partial charge on any atom is -0.480 e. The van der Waals surface area contributed by atoms with E-state index in [-0.39, 0.29) is 18.0 Å². The highest BCUT2D eigenvalue weighted by Gasteiger charge is 2.37. The lowest BCUT2D eigenvalue weighted by Crippen LogP contribution is -2.56. The third kappa shape index (κ3) is 4.67. The molecule has 0 aromatic carbocycles. The molecule has 1 aliphatic rings. The monoisotopic (exact) mass is 285 g/mol. The molecule has 0 spiro atoms. The van der Waals surface area contributed by atoms with Crippen LogP contribution in [0.4, 0.5) is 4.79 Å². The molecule has 3 unspecified atom stereocenters. The van der Waals surface area contributed by atoms with Gasteiger partial charge in [0, 0.05) is 12.6 Å². The van der Waals surface area contributed by atoms with Gasteiger partial charge in [-0.2, -0.15) is 0 Å². The highest BCUT2D eigenvalue weighted by atomic mass is 16.4. The van der Waals surface area contributed by atoms with E-state index in [9.17, 15) is 14.7 Å². The molecule has 2 amide bonds. The first kappa shape index (κ1) is 16.8. The Labute approximate surface area is 121 Å². The molecule has 20 heavy (non-hydrogen) atoms. The van der Waals surface area contributed by atoms with Crippen LogP contribution in [0, 0.1) is 5.92 Å². The first-order chi connectivity index (χ1) is 9.32. The normalized spacial score (nSPS) is 24.6. The molecule has 1 fully saturated rings. The lowest BCUT2D eigenvalue weighted by atomic mass is 9.91. The molecule has 0 radical (unpaired) electrons. The number of piperidine rings is 1. The Hall–Kier alpha value is -1.30. The van der Waals surface area contributed by atoms with Gasteiger partial charge in [-0.1, -0.05) is 6.92 Å². The number of nitrogens with one attached hydrogen (secondary N) is 1. The van der Waals surface area contributed by atoms with Crippen LogP contribution in [0.5, 0.6) is 0 Å². The summed E-state index contributed by atoms with van der Waals surface area (Å²) in [6.45, 7) is 5.26. The molecule has 6 heteroatoms. The van der Waals surface area contributed by atoms with E-state index in [0.29, 0.717) is 6.54 Å². The van der Waals surface area contributed by atoms with E-state index in [1.165, 1.54) is 4.90 Å². The minimum atomic E-state index is -0.909. The second-order valence-corrected chi connectivity index (χ2v) is 6.04. The van der Waals surface area contributed by atoms with Crippen LogP contribution in [0.1, 0.15) is 33.1 Å². The summed E-state index contributed by atoms with van der Waals surface area (Å²) >= 11 is 0. The molecule has 6 nitrogen and oxygen atoms in total. The Kier molecular flexibility index (Phi) is 6.26. The van der Waals surface area contributed by atoms with E-state index in [0.717, 1.165) is 25.8 Å². The Bertz CT molecular complexity index is 347. The quantitative estimate of drug-likeness (QED) is 0.796. The molecule has 2 N–H and O–H groups in total. The van der Waals surface area contributed by atoms with Crippen LogP contribution in [0.2, 0.25) is 0 Å². The van der Waals surface area contributed by atoms with Gasteiger partial charge < -0.3 is 20.2 Å². The van der Waals surface area contributed by atoms with Crippen molar-refractivity contribution in [3.8, 4) is 0 Å². The van der Waals surface area contributed by atoms with Gasteiger partial charge in [-0.3, -0.25) is 0 Å². The lowest BCUT2D eigenvalue weighted by molar-refractivity contribution is -0.145. The van der Waals surface area contributed by atoms with Crippen molar-refractivity contribution in [2.45, 2.75) is 45.2 Å². The van der Waals surface area contributed by atoms with Crippen LogP contribution >= 0.6 is 0 Å². The number of rotatable bonds is 5. The number of carbonyl (C=O) groups is 2. The molecule has 1 heterocycles. The highest BCUT2D eigenvalue weighted by Crippen LogP contribution is 2.23. The number of carboxylic acids is 1. The van der Waals surface area contributed by atoms with Gasteiger partial charge in [0.2, 0.25) is 0 Å². The molecule has 1 rings (SSSR count). The van der Waals surface area contributed by atoms with Crippen LogP contribution in [0.15, 0.2) is 0 Å². The molecule has 0 aromatic heterocycles. The Balaban J connectivity index is 2.57. The lowest BCUT2D eigenvalue weighted by Gasteiger charge is -2.37. The average molecular weight is 285 g/mol. The number of amides is 2. The summed E-state index contributed by atoms with van der Waals surface area (Å²) < 4.78 is 0. The van der Waals surface area contributed by atoms with E-state index in [1.807, 2.05) is 27.9 Å². The third-order valence-electron chi connectivity index (χ3n) is 3.83. The van der Waals surface area contributed by atoms with Crippen LogP contribution in [-0.2, 0) is 4.79 Å². The number of aliphatic carboxylic acids is 1. The molecule has 3 atom stereocenters. The second kappa shape index (κ2) is 7.47. The van der Waals surface area contributed by atoms with Gasteiger partial charge in [0.15, 0.2) is 0 Å². The van der Waals surface area contributed by atoms with Crippen LogP contribution in [0.3, 0.4) is 0 Å². The third-order valence-corrected chi connectivity index (χ3v) is 3.83. The molecule has 0 bridgehead atoms. The first-order valence-electron chi connectivity index (χ1n) is 7.27. The van der Waals surface area contributed by atoms with Crippen LogP contribution in [0.25, 0.3) is 0 Å². The van der Waals surface area contributed by atoms with Crippen molar-refractivity contribution in [2.24, 2.45) is 5.92 Å². The fraction of sp³-hybridized carbons (Fsp3) is 0.857. The van der Waals surface area contributed by atoms with Gasteiger partial charge >= 0.3 is 12.0 Å². The SMILES string of the molecule is CC(CCN(C)C)NC(=O)N1CCCC(C)C1C(=O)O. The molecule has 1 saturated heterocycles. The van der Waals surface area contributed by atoms with Crippen LogP contribution < -0.4 is 5.32 Å². The number of urea groups is 1. The van der Waals surface area contributed by atoms with Gasteiger partial charge in [0.05, 0.1) is 0 Å². The molecule has 0 aromatic rings. The zero-order valence-electron chi connectivity index (χ0n) is 12.9. The Morgan fingerprint density at radius 1 is 1.45 bits per heavy atom. The standard InChI is InChI=1S/C14H27N3O3/c1-10-6-5-8-17(12(10)13(18)19)14(20)15-11(2)7-9-16(3)4/h10-12H,5-9H2,1-4H3,(H,15,20)(H,18,19). The maximum atomic E-state index is 12.3. The summed E-state index contributed by atoms with van der Waals surface area (Å²) in [6.07, 6.45) is 2.57. The zero-order chi connectivity index (χ0) is 15.3. The summed E-state index contributed by atoms with van der Waals surface area (Å²) in [5.41, 5.74) is 0. The van der Waals surface area contributed by atoms with Crippen molar-refractivity contribution < 1.29 is 14.7 Å². The number of carboxylic acid groups (broad SMARTS) is 1. The van der Waals surface area contributed by atoms with Crippen molar-refractivity contribution in [3.63, 3.8) is 0 Å². The summed E-state index contributed by atoms with van der Waals surface area (Å²) in [7, 11) is 3.97. The largest absolute Gasteiger partial charge is 0.480 e. The summed E-state index contributed by atoms with van der Waals surface area (Å²) in [4.78, 5) is 27.1. The van der Waals surface area contributed by atoms with E-state index >= 15 is 0 Å². The van der Waals surface area contributed by atoms with E-state index in [2.05, 4.69) is 10.2 Å². The van der Waals surface area contributed by atoms with Crippen molar-refractivity contribution in [1.29, 1.82) is 0 Å². The number of likely N-dealkylation sites (tertiary alicyclic amines) is 1. The maximum absolute atomic E-state index is 12.3. The summed E-state index contributed by atoms with van der Waals surface area (Å²) in [5, 5.41) is 12.2. The molecule has 0 saturated carbocycles. The first-order valence-corrected chi connectivity index (χ1v) is 7.27. The Morgan fingerprint density at radius 3 is 2.65 bits per heavy atom. The number of nitrogens with zero attached hydrogens (tertiary/aromatic N) is 2. The van der Waals surface area contributed by atoms with Gasteiger partial charge in [-0.15, -0.1) is 0 Å². The van der Waals surface area contributed by atoms with Gasteiger partial charge in [0.25, 0.3) is 0 Å². The van der Waals surface area contributed by atoms with E-state index < -0.39 is 12.0 Å². The summed E-state index contributed by atoms with van der Waals surface area (Å²) in [6, 6.07) is -0.920. The van der Waals surface area contributed by atoms with Crippen molar-refractivity contribution >= 4 is 12.0 Å². The minimum absolute atomic E-state index is 0.00378. The topological polar surface area (TPSA) is 72.9 Å². The maximum Gasteiger partial charge on any atom is 0.326 e. The smallest absolute Gasteiger partial charge is 0.326 e. The van der Waals surface area contributed by atoms with Gasteiger partial charge in [-0.25, -0.2) is 9.59 Å². The predicted octanol–water partition coefficient (Wildman–Crippen LogP) is 1.22. The number of hydrogen-bond acceptors (Lipinski definition) is 3. The van der Waals surface area contributed by atoms with Gasteiger partial charge in [-0.05, 0) is 52.7 Å². The Morgan fingerprint density at radius 2 is 2.10 bits per heavy atom. The van der Waals surface area contributed by atoms with Crippen LogP contribution in [-0.4, -0.2) is 66.2 Å². The van der Waals surface area contributed by atoms with Gasteiger partial charge in [0.1, 0.15) is 6.04 Å². The van der Waals surface area contributed by atoms with Crippen molar-refractivity contribution in [1.82, 2.24) is 15.1 Å². The highest BCUT2D eigenvalue weighted by molar-refractivity contribution is 5.83. The summed E-state index contributed by atoms with van der Waals surface area (Å²) in [5.74, 6) is -0.905. The zero-order valence-corrected chi connectivity index (χ0v) is 12.9. The predicted molar refractivity (Wildman–Crippen MR) is 77.7 cm³/mol. The second-order valence-electron chi connectivity index (χ2n) is 6.04.